The maximum atomic E-state index is 13.3. The molecule has 11 nitrogen and oxygen atoms in total. The second-order valence-electron chi connectivity index (χ2n) is 10.6. The topological polar surface area (TPSA) is 132 Å². The van der Waals surface area contributed by atoms with Gasteiger partial charge < -0.3 is 29.3 Å². The summed E-state index contributed by atoms with van der Waals surface area (Å²) in [5, 5.41) is 2.65. The number of ether oxygens (including phenoxy) is 3. The number of piperazine rings is 1. The molecule has 0 aromatic rings. The van der Waals surface area contributed by atoms with Crippen molar-refractivity contribution in [3.63, 3.8) is 0 Å². The first kappa shape index (κ1) is 30.2. The number of rotatable bonds is 10. The number of nitrogens with one attached hydrogen (secondary N) is 1. The van der Waals surface area contributed by atoms with Gasteiger partial charge in [-0.25, -0.2) is 9.59 Å². The van der Waals surface area contributed by atoms with Crippen molar-refractivity contribution in [1.29, 1.82) is 0 Å². The molecule has 1 heterocycles. The number of amides is 3. The molecule has 35 heavy (non-hydrogen) atoms. The van der Waals surface area contributed by atoms with Crippen LogP contribution in [-0.4, -0.2) is 90.2 Å². The van der Waals surface area contributed by atoms with E-state index in [0.29, 0.717) is 19.4 Å². The number of hydrogen-bond acceptors (Lipinski definition) is 8. The van der Waals surface area contributed by atoms with Gasteiger partial charge in [0.1, 0.15) is 29.8 Å². The smallest absolute Gasteiger partial charge is 0.407 e. The number of methoxy groups -OCH3 is 1. The van der Waals surface area contributed by atoms with Crippen LogP contribution in [-0.2, 0) is 33.4 Å². The number of unbranched alkanes of at least 4 members (excludes halogenated alkanes) is 1. The molecule has 3 amide bonds. The molecule has 0 aromatic heterocycles. The van der Waals surface area contributed by atoms with E-state index in [2.05, 4.69) is 5.32 Å². The van der Waals surface area contributed by atoms with Crippen LogP contribution < -0.4 is 5.32 Å². The highest BCUT2D eigenvalue weighted by Crippen LogP contribution is 2.22. The molecule has 0 unspecified atom stereocenters. The monoisotopic (exact) mass is 499 g/mol. The SMILES string of the molecule is COC(=O)[C@H](CCCCNC(=O)OC(C)(C)C)N1CC(=O)N(C)[C@@H](CCC(=O)OC(C)(C)C)C1=O. The fourth-order valence-electron chi connectivity index (χ4n) is 3.60. The van der Waals surface area contributed by atoms with Gasteiger partial charge in [0.2, 0.25) is 11.8 Å². The maximum absolute atomic E-state index is 13.3. The van der Waals surface area contributed by atoms with E-state index in [9.17, 15) is 24.0 Å². The van der Waals surface area contributed by atoms with Crippen molar-refractivity contribution in [3.8, 4) is 0 Å². The summed E-state index contributed by atoms with van der Waals surface area (Å²) < 4.78 is 15.4. The Labute approximate surface area is 207 Å². The zero-order valence-electron chi connectivity index (χ0n) is 22.3. The molecule has 1 aliphatic heterocycles. The molecular formula is C24H41N3O8. The summed E-state index contributed by atoms with van der Waals surface area (Å²) in [7, 11) is 2.73. The van der Waals surface area contributed by atoms with Gasteiger partial charge in [-0.3, -0.25) is 14.4 Å². The lowest BCUT2D eigenvalue weighted by Crippen LogP contribution is -2.62. The molecule has 0 radical (unpaired) electrons. The zero-order valence-corrected chi connectivity index (χ0v) is 22.3. The van der Waals surface area contributed by atoms with Gasteiger partial charge in [-0.1, -0.05) is 0 Å². The van der Waals surface area contributed by atoms with Crippen LogP contribution in [0.3, 0.4) is 0 Å². The minimum atomic E-state index is -0.948. The van der Waals surface area contributed by atoms with Gasteiger partial charge in [0.05, 0.1) is 7.11 Å². The number of alkyl carbamates (subject to hydrolysis) is 1. The van der Waals surface area contributed by atoms with Gasteiger partial charge in [0.15, 0.2) is 0 Å². The van der Waals surface area contributed by atoms with Crippen LogP contribution in [0.15, 0.2) is 0 Å². The highest BCUT2D eigenvalue weighted by molar-refractivity contribution is 5.97. The average molecular weight is 500 g/mol. The lowest BCUT2D eigenvalue weighted by Gasteiger charge is -2.41. The first-order chi connectivity index (χ1) is 16.1. The third-order valence-electron chi connectivity index (χ3n) is 5.20. The number of carbonyl (C=O) groups excluding carboxylic acids is 5. The molecule has 0 spiro atoms. The van der Waals surface area contributed by atoms with Crippen LogP contribution >= 0.6 is 0 Å². The zero-order chi connectivity index (χ0) is 27.0. The fraction of sp³-hybridized carbons (Fsp3) is 0.792. The Morgan fingerprint density at radius 2 is 1.63 bits per heavy atom. The number of nitrogens with zero attached hydrogens (tertiary/aromatic N) is 2. The van der Waals surface area contributed by atoms with Crippen molar-refractivity contribution in [1.82, 2.24) is 15.1 Å². The molecule has 1 N–H and O–H groups in total. The molecule has 0 saturated carbocycles. The van der Waals surface area contributed by atoms with Crippen LogP contribution in [0.25, 0.3) is 0 Å². The average Bonchev–Trinajstić information content (AvgIpc) is 2.70. The van der Waals surface area contributed by atoms with Gasteiger partial charge in [-0.05, 0) is 67.2 Å². The van der Waals surface area contributed by atoms with E-state index in [1.165, 1.54) is 24.0 Å². The summed E-state index contributed by atoms with van der Waals surface area (Å²) in [6, 6.07) is -1.83. The number of hydrogen-bond donors (Lipinski definition) is 1. The van der Waals surface area contributed by atoms with Crippen molar-refractivity contribution in [2.24, 2.45) is 0 Å². The molecule has 1 aliphatic rings. The molecule has 0 aliphatic carbocycles. The van der Waals surface area contributed by atoms with Crippen LogP contribution in [0.5, 0.6) is 0 Å². The molecule has 0 aromatic carbocycles. The summed E-state index contributed by atoms with van der Waals surface area (Å²) in [6.45, 7) is 10.6. The van der Waals surface area contributed by atoms with E-state index in [1.807, 2.05) is 0 Å². The third-order valence-corrected chi connectivity index (χ3v) is 5.20. The first-order valence-corrected chi connectivity index (χ1v) is 11.9. The van der Waals surface area contributed by atoms with E-state index in [-0.39, 0.29) is 31.7 Å². The van der Waals surface area contributed by atoms with Gasteiger partial charge in [0.25, 0.3) is 0 Å². The van der Waals surface area contributed by atoms with Gasteiger partial charge >= 0.3 is 18.0 Å². The van der Waals surface area contributed by atoms with Crippen molar-refractivity contribution >= 4 is 29.8 Å². The minimum Gasteiger partial charge on any atom is -0.467 e. The standard InChI is InChI=1S/C24H41N3O8/c1-23(2,3)34-19(29)13-12-16-20(30)27(15-18(28)26(16)7)17(21(31)33-8)11-9-10-14-25-22(32)35-24(4,5)6/h16-17H,9-15H2,1-8H3,(H,25,32)/t16-,17-/m0/s1. The molecule has 11 heteroatoms. The summed E-state index contributed by atoms with van der Waals surface area (Å²) in [5.74, 6) is -1.84. The van der Waals surface area contributed by atoms with Crippen molar-refractivity contribution in [2.45, 2.75) is 96.9 Å². The predicted octanol–water partition coefficient (Wildman–Crippen LogP) is 2.01. The lowest BCUT2D eigenvalue weighted by atomic mass is 10.0. The van der Waals surface area contributed by atoms with Gasteiger partial charge in [0, 0.05) is 20.0 Å². The van der Waals surface area contributed by atoms with Crippen LogP contribution in [0.4, 0.5) is 4.79 Å². The Morgan fingerprint density at radius 3 is 2.17 bits per heavy atom. The summed E-state index contributed by atoms with van der Waals surface area (Å²) >= 11 is 0. The third kappa shape index (κ3) is 10.5. The Hall–Kier alpha value is -2.85. The Morgan fingerprint density at radius 1 is 1.03 bits per heavy atom. The predicted molar refractivity (Wildman–Crippen MR) is 127 cm³/mol. The van der Waals surface area contributed by atoms with Gasteiger partial charge in [-0.15, -0.1) is 0 Å². The van der Waals surface area contributed by atoms with E-state index < -0.39 is 47.2 Å². The summed E-state index contributed by atoms with van der Waals surface area (Å²) in [5.41, 5.74) is -1.26. The largest absolute Gasteiger partial charge is 0.467 e. The number of carbonyl (C=O) groups is 5. The van der Waals surface area contributed by atoms with E-state index in [4.69, 9.17) is 14.2 Å². The highest BCUT2D eigenvalue weighted by atomic mass is 16.6. The maximum Gasteiger partial charge on any atom is 0.407 e. The van der Waals surface area contributed by atoms with Crippen molar-refractivity contribution in [3.05, 3.63) is 0 Å². The Kier molecular flexibility index (Phi) is 11.0. The molecule has 1 saturated heterocycles. The Balaban J connectivity index is 2.77. The molecule has 1 fully saturated rings. The van der Waals surface area contributed by atoms with E-state index in [1.54, 1.807) is 41.5 Å². The molecule has 0 bridgehead atoms. The lowest BCUT2D eigenvalue weighted by molar-refractivity contribution is -0.165. The normalized spacial score (nSPS) is 17.7. The molecule has 1 rings (SSSR count). The molecule has 2 atom stereocenters. The summed E-state index contributed by atoms with van der Waals surface area (Å²) in [6.07, 6.45) is 0.786. The van der Waals surface area contributed by atoms with Gasteiger partial charge in [-0.2, -0.15) is 0 Å². The van der Waals surface area contributed by atoms with Crippen LogP contribution in [0.2, 0.25) is 0 Å². The van der Waals surface area contributed by atoms with Crippen LogP contribution in [0, 0.1) is 0 Å². The number of likely N-dealkylation sites (N-methyl/N-ethyl adjacent to an activating group) is 1. The Bertz CT molecular complexity index is 785. The highest BCUT2D eigenvalue weighted by Gasteiger charge is 2.42. The van der Waals surface area contributed by atoms with Crippen molar-refractivity contribution in [2.75, 3.05) is 27.2 Å². The first-order valence-electron chi connectivity index (χ1n) is 11.9. The molecule has 200 valence electrons. The van der Waals surface area contributed by atoms with E-state index >= 15 is 0 Å². The van der Waals surface area contributed by atoms with Crippen LogP contribution in [0.1, 0.15) is 73.6 Å². The minimum absolute atomic E-state index is 0.0433. The van der Waals surface area contributed by atoms with Crippen molar-refractivity contribution < 1.29 is 38.2 Å². The fourth-order valence-corrected chi connectivity index (χ4v) is 3.60. The number of esters is 2. The van der Waals surface area contributed by atoms with E-state index in [0.717, 1.165) is 0 Å². The quantitative estimate of drug-likeness (QED) is 0.274. The molecular weight excluding hydrogens is 458 g/mol. The second-order valence-corrected chi connectivity index (χ2v) is 10.6. The summed E-state index contributed by atoms with van der Waals surface area (Å²) in [4.78, 5) is 64.8. The second kappa shape index (κ2) is 12.7.